The number of nitrogens with one attached hydrogen (secondary N) is 1. The van der Waals surface area contributed by atoms with Crippen LogP contribution >= 0.6 is 0 Å². The van der Waals surface area contributed by atoms with Gasteiger partial charge in [-0.05, 0) is 69.9 Å². The number of piperidine rings is 1. The summed E-state index contributed by atoms with van der Waals surface area (Å²) in [5, 5.41) is 3.90. The minimum absolute atomic E-state index is 0.810. The summed E-state index contributed by atoms with van der Waals surface area (Å²) in [4.78, 5) is 2.68. The molecule has 2 nitrogen and oxygen atoms in total. The van der Waals surface area contributed by atoms with Crippen molar-refractivity contribution in [2.45, 2.75) is 83.3 Å². The van der Waals surface area contributed by atoms with Crippen LogP contribution in [0.5, 0.6) is 0 Å². The van der Waals surface area contributed by atoms with E-state index < -0.39 is 0 Å². The van der Waals surface area contributed by atoms with Gasteiger partial charge in [-0.3, -0.25) is 0 Å². The standard InChI is InChI=1S/C18H34N2/c1-4-19-18(14-7-5-13(2)6-8-14)15-11-16-9-10-17(12-15)20(16)3/h13-19H,4-12H2,1-3H3. The zero-order valence-electron chi connectivity index (χ0n) is 13.8. The van der Waals surface area contributed by atoms with Gasteiger partial charge in [-0.1, -0.05) is 26.7 Å². The smallest absolute Gasteiger partial charge is 0.0125 e. The maximum atomic E-state index is 3.90. The maximum Gasteiger partial charge on any atom is 0.0125 e. The summed E-state index contributed by atoms with van der Waals surface area (Å²) in [6.45, 7) is 5.88. The van der Waals surface area contributed by atoms with E-state index in [-0.39, 0.29) is 0 Å². The summed E-state index contributed by atoms with van der Waals surface area (Å²) in [6.07, 6.45) is 11.7. The van der Waals surface area contributed by atoms with Crippen molar-refractivity contribution in [3.63, 3.8) is 0 Å². The van der Waals surface area contributed by atoms with Crippen LogP contribution in [0.15, 0.2) is 0 Å². The van der Waals surface area contributed by atoms with Gasteiger partial charge in [0.05, 0.1) is 0 Å². The highest BCUT2D eigenvalue weighted by molar-refractivity contribution is 4.98. The molecule has 1 saturated carbocycles. The minimum atomic E-state index is 0.810. The van der Waals surface area contributed by atoms with Crippen LogP contribution in [-0.2, 0) is 0 Å². The lowest BCUT2D eigenvalue weighted by Gasteiger charge is -2.44. The third-order valence-electron chi connectivity index (χ3n) is 6.65. The summed E-state index contributed by atoms with van der Waals surface area (Å²) in [6, 6.07) is 2.59. The van der Waals surface area contributed by atoms with Crippen LogP contribution in [0.1, 0.15) is 65.2 Å². The maximum absolute atomic E-state index is 3.90. The molecule has 2 aliphatic heterocycles. The second kappa shape index (κ2) is 6.36. The molecule has 3 aliphatic rings. The highest BCUT2D eigenvalue weighted by atomic mass is 15.2. The first-order chi connectivity index (χ1) is 9.69. The van der Waals surface area contributed by atoms with Gasteiger partial charge in [0.2, 0.25) is 0 Å². The second-order valence-electron chi connectivity index (χ2n) is 7.89. The molecule has 0 aromatic carbocycles. The monoisotopic (exact) mass is 278 g/mol. The summed E-state index contributed by atoms with van der Waals surface area (Å²) in [7, 11) is 2.36. The Bertz CT molecular complexity index is 295. The Kier molecular flexibility index (Phi) is 4.72. The summed E-state index contributed by atoms with van der Waals surface area (Å²) in [5.74, 6) is 2.88. The molecule has 2 heterocycles. The van der Waals surface area contributed by atoms with E-state index in [0.29, 0.717) is 0 Å². The van der Waals surface area contributed by atoms with Crippen molar-refractivity contribution < 1.29 is 0 Å². The molecule has 1 N–H and O–H groups in total. The molecular weight excluding hydrogens is 244 g/mol. The Morgan fingerprint density at radius 2 is 1.55 bits per heavy atom. The molecule has 116 valence electrons. The third kappa shape index (κ3) is 2.92. The fourth-order valence-electron chi connectivity index (χ4n) is 5.35. The van der Waals surface area contributed by atoms with Gasteiger partial charge in [0.15, 0.2) is 0 Å². The fraction of sp³-hybridized carbons (Fsp3) is 1.00. The number of hydrogen-bond donors (Lipinski definition) is 1. The van der Waals surface area contributed by atoms with E-state index in [1.807, 2.05) is 0 Å². The number of fused-ring (bicyclic) bond motifs is 2. The van der Waals surface area contributed by atoms with E-state index in [9.17, 15) is 0 Å². The van der Waals surface area contributed by atoms with E-state index in [4.69, 9.17) is 0 Å². The highest BCUT2D eigenvalue weighted by Crippen LogP contribution is 2.42. The first kappa shape index (κ1) is 14.8. The summed E-state index contributed by atoms with van der Waals surface area (Å²) < 4.78 is 0. The van der Waals surface area contributed by atoms with Gasteiger partial charge < -0.3 is 10.2 Å². The molecule has 2 saturated heterocycles. The molecule has 3 rings (SSSR count). The topological polar surface area (TPSA) is 15.3 Å². The molecule has 3 fully saturated rings. The van der Waals surface area contributed by atoms with Crippen molar-refractivity contribution in [2.75, 3.05) is 13.6 Å². The lowest BCUT2D eigenvalue weighted by molar-refractivity contribution is 0.0832. The van der Waals surface area contributed by atoms with E-state index in [1.165, 1.54) is 51.4 Å². The van der Waals surface area contributed by atoms with Crippen LogP contribution in [0.4, 0.5) is 0 Å². The molecule has 2 bridgehead atoms. The van der Waals surface area contributed by atoms with E-state index in [0.717, 1.165) is 42.4 Å². The van der Waals surface area contributed by atoms with Gasteiger partial charge in [-0.25, -0.2) is 0 Å². The molecule has 1 aliphatic carbocycles. The Hall–Kier alpha value is -0.0800. The Morgan fingerprint density at radius 1 is 0.950 bits per heavy atom. The Labute approximate surface area is 125 Å². The molecule has 0 aromatic heterocycles. The Morgan fingerprint density at radius 3 is 2.10 bits per heavy atom. The SMILES string of the molecule is CCNC(C1CCC(C)CC1)C1CC2CCC(C1)N2C. The van der Waals surface area contributed by atoms with Gasteiger partial charge in [0.1, 0.15) is 0 Å². The lowest BCUT2D eigenvalue weighted by atomic mass is 9.72. The summed E-state index contributed by atoms with van der Waals surface area (Å²) in [5.41, 5.74) is 0. The molecule has 0 spiro atoms. The van der Waals surface area contributed by atoms with Crippen LogP contribution in [-0.4, -0.2) is 36.6 Å². The zero-order chi connectivity index (χ0) is 14.1. The highest BCUT2D eigenvalue weighted by Gasteiger charge is 2.42. The quantitative estimate of drug-likeness (QED) is 0.844. The molecule has 3 unspecified atom stereocenters. The van der Waals surface area contributed by atoms with Crippen LogP contribution in [0, 0.1) is 17.8 Å². The predicted molar refractivity (Wildman–Crippen MR) is 85.9 cm³/mol. The molecule has 0 amide bonds. The average molecular weight is 278 g/mol. The average Bonchev–Trinajstić information content (AvgIpc) is 2.67. The van der Waals surface area contributed by atoms with Gasteiger partial charge >= 0.3 is 0 Å². The van der Waals surface area contributed by atoms with Crippen molar-refractivity contribution in [2.24, 2.45) is 17.8 Å². The van der Waals surface area contributed by atoms with E-state index in [1.54, 1.807) is 0 Å². The van der Waals surface area contributed by atoms with Crippen molar-refractivity contribution in [1.82, 2.24) is 10.2 Å². The van der Waals surface area contributed by atoms with Crippen LogP contribution in [0.3, 0.4) is 0 Å². The van der Waals surface area contributed by atoms with Crippen molar-refractivity contribution in [3.05, 3.63) is 0 Å². The molecule has 20 heavy (non-hydrogen) atoms. The van der Waals surface area contributed by atoms with Gasteiger partial charge in [0.25, 0.3) is 0 Å². The van der Waals surface area contributed by atoms with Crippen LogP contribution in [0.2, 0.25) is 0 Å². The van der Waals surface area contributed by atoms with Gasteiger partial charge in [-0.15, -0.1) is 0 Å². The first-order valence-corrected chi connectivity index (χ1v) is 9.14. The predicted octanol–water partition coefficient (Wildman–Crippen LogP) is 3.66. The largest absolute Gasteiger partial charge is 0.314 e. The van der Waals surface area contributed by atoms with E-state index in [2.05, 4.69) is 31.1 Å². The van der Waals surface area contributed by atoms with Gasteiger partial charge in [0, 0.05) is 18.1 Å². The first-order valence-electron chi connectivity index (χ1n) is 9.14. The van der Waals surface area contributed by atoms with Crippen molar-refractivity contribution >= 4 is 0 Å². The molecule has 2 heteroatoms. The normalized spacial score (nSPS) is 43.6. The zero-order valence-corrected chi connectivity index (χ0v) is 13.8. The van der Waals surface area contributed by atoms with E-state index >= 15 is 0 Å². The van der Waals surface area contributed by atoms with Gasteiger partial charge in [-0.2, -0.15) is 0 Å². The van der Waals surface area contributed by atoms with Crippen LogP contribution < -0.4 is 5.32 Å². The fourth-order valence-corrected chi connectivity index (χ4v) is 5.35. The minimum Gasteiger partial charge on any atom is -0.314 e. The summed E-state index contributed by atoms with van der Waals surface area (Å²) >= 11 is 0. The lowest BCUT2D eigenvalue weighted by Crippen LogP contribution is -2.50. The Balaban J connectivity index is 1.65. The van der Waals surface area contributed by atoms with Crippen molar-refractivity contribution in [1.29, 1.82) is 0 Å². The number of rotatable bonds is 4. The molecule has 0 aromatic rings. The third-order valence-corrected chi connectivity index (χ3v) is 6.65. The van der Waals surface area contributed by atoms with Crippen molar-refractivity contribution in [3.8, 4) is 0 Å². The van der Waals surface area contributed by atoms with Crippen LogP contribution in [0.25, 0.3) is 0 Å². The molecular formula is C18H34N2. The number of hydrogen-bond acceptors (Lipinski definition) is 2. The second-order valence-corrected chi connectivity index (χ2v) is 7.89. The molecule has 3 atom stereocenters. The molecule has 0 radical (unpaired) electrons. The number of nitrogens with zero attached hydrogens (tertiary/aromatic N) is 1.